The number of aliphatic hydroxyl groups is 8. The normalized spacial score (nSPS) is 54.4. The Balaban J connectivity index is 1.62. The van der Waals surface area contributed by atoms with Crippen molar-refractivity contribution in [3.05, 3.63) is 0 Å². The standard InChI is InChI=1S/C21H39N3O12/c1-24-9-3-7(22)12(28)18(13(9)29)33-10-2-6(4-25)11(27)19-17(10)35-21(36-19)20(32)15(31)14(30)16(34-21)8(23)5-26/h6-20,24-32H,2-5,22-23H2,1H3/t6-,7-,8-,9+,10-,11+,12+,13-,14-,15+,16-,17-,18-,19+,20-,21+/m1/s1. The lowest BCUT2D eigenvalue weighted by Gasteiger charge is -2.46. The van der Waals surface area contributed by atoms with Crippen molar-refractivity contribution in [3.63, 3.8) is 0 Å². The van der Waals surface area contributed by atoms with Crippen LogP contribution in [0, 0.1) is 5.92 Å². The summed E-state index contributed by atoms with van der Waals surface area (Å²) in [7, 11) is 1.64. The highest BCUT2D eigenvalue weighted by molar-refractivity contribution is 5.06. The Morgan fingerprint density at radius 3 is 2.19 bits per heavy atom. The number of rotatable bonds is 6. The molecule has 210 valence electrons. The number of fused-ring (bicyclic) bond motifs is 1. The van der Waals surface area contributed by atoms with Crippen LogP contribution in [0.2, 0.25) is 0 Å². The van der Waals surface area contributed by atoms with Crippen LogP contribution in [0.15, 0.2) is 0 Å². The van der Waals surface area contributed by atoms with Gasteiger partial charge in [-0.25, -0.2) is 0 Å². The molecular weight excluding hydrogens is 486 g/mol. The summed E-state index contributed by atoms with van der Waals surface area (Å²) in [6.07, 6.45) is -14.8. The van der Waals surface area contributed by atoms with E-state index in [1.165, 1.54) is 0 Å². The Morgan fingerprint density at radius 1 is 0.917 bits per heavy atom. The Morgan fingerprint density at radius 2 is 1.58 bits per heavy atom. The predicted molar refractivity (Wildman–Crippen MR) is 118 cm³/mol. The summed E-state index contributed by atoms with van der Waals surface area (Å²) in [5.41, 5.74) is 11.9. The first-order valence-electron chi connectivity index (χ1n) is 12.2. The lowest BCUT2D eigenvalue weighted by atomic mass is 9.80. The van der Waals surface area contributed by atoms with Gasteiger partial charge in [-0.2, -0.15) is 0 Å². The van der Waals surface area contributed by atoms with Gasteiger partial charge in [-0.3, -0.25) is 0 Å². The molecule has 0 bridgehead atoms. The molecule has 0 unspecified atom stereocenters. The molecule has 36 heavy (non-hydrogen) atoms. The SMILES string of the molecule is CN[C@H]1C[C@@H](N)[C@H](O)[C@@H](O[C@@H]2C[C@H](CO)[C@H](O)[C@@H]3O[C@@]4(O[C@H]([C@H](N)CO)[C@H](O)[C@H](O)[C@H]4O)O[C@@H]32)[C@@H]1O. The molecule has 2 aliphatic carbocycles. The number of likely N-dealkylation sites (N-methyl/N-ethyl adjacent to an activating group) is 1. The molecule has 4 rings (SSSR count). The number of ether oxygens (including phenoxy) is 4. The quantitative estimate of drug-likeness (QED) is 0.154. The minimum absolute atomic E-state index is 0.0223. The van der Waals surface area contributed by atoms with E-state index in [9.17, 15) is 40.9 Å². The molecule has 0 radical (unpaired) electrons. The summed E-state index contributed by atoms with van der Waals surface area (Å²) in [4.78, 5) is 0. The van der Waals surface area contributed by atoms with Crippen LogP contribution in [0.25, 0.3) is 0 Å². The molecule has 0 amide bonds. The van der Waals surface area contributed by atoms with Crippen molar-refractivity contribution >= 4 is 0 Å². The minimum atomic E-state index is -2.40. The highest BCUT2D eigenvalue weighted by atomic mass is 16.9. The van der Waals surface area contributed by atoms with Gasteiger partial charge < -0.3 is 76.6 Å². The van der Waals surface area contributed by atoms with Crippen molar-refractivity contribution in [2.75, 3.05) is 20.3 Å². The second kappa shape index (κ2) is 10.9. The van der Waals surface area contributed by atoms with E-state index < -0.39 is 110 Å². The molecule has 1 spiro atoms. The van der Waals surface area contributed by atoms with Gasteiger partial charge >= 0.3 is 5.97 Å². The fourth-order valence-corrected chi connectivity index (χ4v) is 5.71. The lowest BCUT2D eigenvalue weighted by molar-refractivity contribution is -0.438. The third-order valence-corrected chi connectivity index (χ3v) is 7.94. The average molecular weight is 526 g/mol. The molecule has 15 nitrogen and oxygen atoms in total. The first-order valence-corrected chi connectivity index (χ1v) is 12.2. The molecule has 0 aromatic carbocycles. The molecule has 4 aliphatic rings. The number of nitrogens with one attached hydrogen (secondary N) is 1. The summed E-state index contributed by atoms with van der Waals surface area (Å²) in [6, 6.07) is -2.36. The zero-order valence-electron chi connectivity index (χ0n) is 19.9. The van der Waals surface area contributed by atoms with Gasteiger partial charge in [0, 0.05) is 24.6 Å². The fourth-order valence-electron chi connectivity index (χ4n) is 5.71. The number of hydrogen-bond donors (Lipinski definition) is 11. The average Bonchev–Trinajstić information content (AvgIpc) is 3.27. The fraction of sp³-hybridized carbons (Fsp3) is 1.00. The third kappa shape index (κ3) is 4.70. The van der Waals surface area contributed by atoms with Gasteiger partial charge in [0.25, 0.3) is 0 Å². The molecule has 2 saturated carbocycles. The molecule has 0 aromatic heterocycles. The molecule has 0 aromatic rings. The van der Waals surface area contributed by atoms with E-state index in [1.54, 1.807) is 7.05 Å². The molecule has 16 atom stereocenters. The van der Waals surface area contributed by atoms with Gasteiger partial charge in [0.2, 0.25) is 0 Å². The van der Waals surface area contributed by atoms with E-state index in [4.69, 9.17) is 30.4 Å². The lowest BCUT2D eigenvalue weighted by Crippen LogP contribution is -2.68. The van der Waals surface area contributed by atoms with Crippen molar-refractivity contribution in [3.8, 4) is 0 Å². The summed E-state index contributed by atoms with van der Waals surface area (Å²) < 4.78 is 23.5. The van der Waals surface area contributed by atoms with Crippen LogP contribution in [-0.4, -0.2) is 152 Å². The maximum absolute atomic E-state index is 10.9. The van der Waals surface area contributed by atoms with Crippen LogP contribution in [0.3, 0.4) is 0 Å². The Bertz CT molecular complexity index is 755. The van der Waals surface area contributed by atoms with E-state index in [-0.39, 0.29) is 6.42 Å². The van der Waals surface area contributed by atoms with Crippen LogP contribution in [0.5, 0.6) is 0 Å². The molecule has 4 fully saturated rings. The zero-order chi connectivity index (χ0) is 26.5. The van der Waals surface area contributed by atoms with Crippen molar-refractivity contribution in [1.82, 2.24) is 5.32 Å². The highest BCUT2D eigenvalue weighted by Crippen LogP contribution is 2.46. The van der Waals surface area contributed by atoms with Crippen molar-refractivity contribution in [2.45, 2.75) is 104 Å². The van der Waals surface area contributed by atoms with Crippen LogP contribution in [-0.2, 0) is 18.9 Å². The van der Waals surface area contributed by atoms with Crippen molar-refractivity contribution in [1.29, 1.82) is 0 Å². The highest BCUT2D eigenvalue weighted by Gasteiger charge is 2.67. The molecule has 2 heterocycles. The number of hydrogen-bond acceptors (Lipinski definition) is 15. The molecular formula is C21H39N3O12. The van der Waals surface area contributed by atoms with Crippen LogP contribution in [0.4, 0.5) is 0 Å². The minimum Gasteiger partial charge on any atom is -0.396 e. The van der Waals surface area contributed by atoms with Crippen molar-refractivity contribution < 1.29 is 59.8 Å². The monoisotopic (exact) mass is 525 g/mol. The molecule has 2 aliphatic heterocycles. The summed E-state index contributed by atoms with van der Waals surface area (Å²) in [6.45, 7) is -1.09. The first kappa shape index (κ1) is 28.4. The summed E-state index contributed by atoms with van der Waals surface area (Å²) >= 11 is 0. The van der Waals surface area contributed by atoms with Crippen LogP contribution in [0.1, 0.15) is 12.8 Å². The Kier molecular flexibility index (Phi) is 8.58. The Labute approximate surface area is 207 Å². The second-order valence-corrected chi connectivity index (χ2v) is 10.2. The van der Waals surface area contributed by atoms with Crippen LogP contribution >= 0.6 is 0 Å². The second-order valence-electron chi connectivity index (χ2n) is 10.2. The predicted octanol–water partition coefficient (Wildman–Crippen LogP) is -6.61. The smallest absolute Gasteiger partial charge is 0.314 e. The van der Waals surface area contributed by atoms with E-state index in [0.717, 1.165) is 0 Å². The molecule has 13 N–H and O–H groups in total. The van der Waals surface area contributed by atoms with Crippen LogP contribution < -0.4 is 16.8 Å². The Hall–Kier alpha value is -0.600. The van der Waals surface area contributed by atoms with Gasteiger partial charge in [-0.15, -0.1) is 0 Å². The number of nitrogens with two attached hydrogens (primary N) is 2. The maximum Gasteiger partial charge on any atom is 0.314 e. The molecule has 15 heteroatoms. The molecule has 2 saturated heterocycles. The number of aliphatic hydroxyl groups excluding tert-OH is 8. The van der Waals surface area contributed by atoms with Gasteiger partial charge in [-0.05, 0) is 19.9 Å². The largest absolute Gasteiger partial charge is 0.396 e. The summed E-state index contributed by atoms with van der Waals surface area (Å²) in [5, 5.41) is 86.1. The van der Waals surface area contributed by atoms with Gasteiger partial charge in [0.1, 0.15) is 36.6 Å². The zero-order valence-corrected chi connectivity index (χ0v) is 19.9. The third-order valence-electron chi connectivity index (χ3n) is 7.94. The van der Waals surface area contributed by atoms with E-state index >= 15 is 0 Å². The van der Waals surface area contributed by atoms with Gasteiger partial charge in [0.05, 0.1) is 37.1 Å². The van der Waals surface area contributed by atoms with E-state index in [0.29, 0.717) is 6.42 Å². The van der Waals surface area contributed by atoms with Gasteiger partial charge in [-0.1, -0.05) is 0 Å². The first-order chi connectivity index (χ1) is 17.0. The topological polar surface area (TPSA) is 263 Å². The maximum atomic E-state index is 10.9. The van der Waals surface area contributed by atoms with E-state index in [2.05, 4.69) is 5.32 Å². The van der Waals surface area contributed by atoms with E-state index in [1.807, 2.05) is 0 Å². The summed E-state index contributed by atoms with van der Waals surface area (Å²) in [5.74, 6) is -3.17. The van der Waals surface area contributed by atoms with Crippen molar-refractivity contribution in [2.24, 2.45) is 17.4 Å². The van der Waals surface area contributed by atoms with Gasteiger partial charge in [0.15, 0.2) is 6.10 Å².